The van der Waals surface area contributed by atoms with E-state index in [4.69, 9.17) is 15.0 Å². The number of aromatic nitrogens is 1. The number of nitrogens with zero attached hydrogens (tertiary/aromatic N) is 4. The van der Waals surface area contributed by atoms with Gasteiger partial charge in [0.25, 0.3) is 5.91 Å². The highest BCUT2D eigenvalue weighted by atomic mass is 16.5. The molecule has 0 fully saturated rings. The van der Waals surface area contributed by atoms with Gasteiger partial charge in [0.05, 0.1) is 12.8 Å². The standard InChI is InChI=1S/C25H32N8O3/c1-7-27-18-14-29-24(28-10-11-35-6)32-21(18)22(26)30-17-12-16(9-8-15(17)2)23(34)31-20-13-19(36-33-20)25(3,4)5/h7-9,12-14,30H,1,10-11,26H2,2-6H3,(H,28,32)(H,31,33,34)/b22-21-,27-18-. The molecule has 1 amide bonds. The molecule has 0 bridgehead atoms. The molecule has 3 rings (SSSR count). The van der Waals surface area contributed by atoms with Crippen molar-refractivity contribution in [3.05, 3.63) is 65.4 Å². The molecule has 0 saturated carbocycles. The summed E-state index contributed by atoms with van der Waals surface area (Å²) in [6.45, 7) is 12.6. The van der Waals surface area contributed by atoms with Crippen molar-refractivity contribution in [2.45, 2.75) is 33.1 Å². The van der Waals surface area contributed by atoms with Gasteiger partial charge in [-0.1, -0.05) is 38.6 Å². The molecule has 0 saturated heterocycles. The second-order valence-electron chi connectivity index (χ2n) is 9.01. The zero-order valence-electron chi connectivity index (χ0n) is 21.2. The highest BCUT2D eigenvalue weighted by Gasteiger charge is 2.21. The van der Waals surface area contributed by atoms with Crippen molar-refractivity contribution >= 4 is 35.3 Å². The average Bonchev–Trinajstić information content (AvgIpc) is 3.30. The molecule has 5 N–H and O–H groups in total. The number of benzene rings is 1. The molecule has 0 unspecified atom stereocenters. The van der Waals surface area contributed by atoms with E-state index in [1.807, 2.05) is 33.8 Å². The van der Waals surface area contributed by atoms with Gasteiger partial charge < -0.3 is 30.9 Å². The fraction of sp³-hybridized carbons (Fsp3) is 0.320. The molecule has 190 valence electrons. The number of carbonyl (C=O) groups is 1. The molecule has 1 aliphatic rings. The quantitative estimate of drug-likeness (QED) is 0.413. The van der Waals surface area contributed by atoms with Crippen LogP contribution >= 0.6 is 0 Å². The van der Waals surface area contributed by atoms with E-state index in [0.29, 0.717) is 53.3 Å². The summed E-state index contributed by atoms with van der Waals surface area (Å²) in [5.41, 5.74) is 8.92. The third-order valence-electron chi connectivity index (χ3n) is 5.10. The van der Waals surface area contributed by atoms with Crippen LogP contribution in [0.4, 0.5) is 11.5 Å². The highest BCUT2D eigenvalue weighted by Crippen LogP contribution is 2.25. The summed E-state index contributed by atoms with van der Waals surface area (Å²) in [4.78, 5) is 25.8. The maximum atomic E-state index is 12.9. The fourth-order valence-electron chi connectivity index (χ4n) is 3.09. The highest BCUT2D eigenvalue weighted by molar-refractivity contribution is 6.41. The molecule has 1 aliphatic heterocycles. The minimum atomic E-state index is -0.334. The number of carbonyl (C=O) groups excluding carboxylic acids is 1. The molecule has 0 aliphatic carbocycles. The van der Waals surface area contributed by atoms with Crippen molar-refractivity contribution in [2.75, 3.05) is 30.9 Å². The maximum absolute atomic E-state index is 12.9. The lowest BCUT2D eigenvalue weighted by Gasteiger charge is -2.16. The van der Waals surface area contributed by atoms with Gasteiger partial charge in [0.15, 0.2) is 5.82 Å². The summed E-state index contributed by atoms with van der Waals surface area (Å²) in [7, 11) is 1.61. The van der Waals surface area contributed by atoms with Crippen molar-refractivity contribution < 1.29 is 14.1 Å². The Morgan fingerprint density at radius 2 is 2.06 bits per heavy atom. The Balaban J connectivity index is 1.84. The first-order valence-electron chi connectivity index (χ1n) is 11.3. The van der Waals surface area contributed by atoms with Gasteiger partial charge in [0, 0.05) is 42.6 Å². The molecule has 11 heteroatoms. The molecule has 0 spiro atoms. The predicted octanol–water partition coefficient (Wildman–Crippen LogP) is 3.33. The van der Waals surface area contributed by atoms with E-state index in [9.17, 15) is 4.79 Å². The first kappa shape index (κ1) is 26.4. The van der Waals surface area contributed by atoms with Crippen molar-refractivity contribution in [3.8, 4) is 0 Å². The topological polar surface area (TPSA) is 152 Å². The van der Waals surface area contributed by atoms with Crippen LogP contribution in [0.1, 0.15) is 42.5 Å². The zero-order chi connectivity index (χ0) is 26.3. The van der Waals surface area contributed by atoms with Crippen molar-refractivity contribution in [3.63, 3.8) is 0 Å². The molecule has 0 atom stereocenters. The Labute approximate surface area is 210 Å². The summed E-state index contributed by atoms with van der Waals surface area (Å²) in [6, 6.07) is 6.96. The number of allylic oxidation sites excluding steroid dienone is 1. The number of amides is 1. The van der Waals surface area contributed by atoms with E-state index in [0.717, 1.165) is 5.56 Å². The van der Waals surface area contributed by atoms with Crippen LogP contribution in [0.25, 0.3) is 0 Å². The van der Waals surface area contributed by atoms with E-state index >= 15 is 0 Å². The molecule has 1 aromatic carbocycles. The van der Waals surface area contributed by atoms with Gasteiger partial charge in [0.2, 0.25) is 5.96 Å². The van der Waals surface area contributed by atoms with Crippen LogP contribution in [-0.4, -0.2) is 49.2 Å². The monoisotopic (exact) mass is 492 g/mol. The van der Waals surface area contributed by atoms with Gasteiger partial charge in [-0.3, -0.25) is 9.79 Å². The van der Waals surface area contributed by atoms with Gasteiger partial charge in [-0.2, -0.15) is 0 Å². The van der Waals surface area contributed by atoms with Crippen LogP contribution < -0.4 is 21.7 Å². The molecule has 11 nitrogen and oxygen atoms in total. The Kier molecular flexibility index (Phi) is 8.38. The predicted molar refractivity (Wildman–Crippen MR) is 143 cm³/mol. The van der Waals surface area contributed by atoms with Crippen LogP contribution in [0.2, 0.25) is 0 Å². The zero-order valence-corrected chi connectivity index (χ0v) is 21.2. The van der Waals surface area contributed by atoms with Gasteiger partial charge in [-0.15, -0.1) is 0 Å². The summed E-state index contributed by atoms with van der Waals surface area (Å²) in [5.74, 6) is 1.30. The molecular formula is C25H32N8O3. The number of ether oxygens (including phenoxy) is 1. The van der Waals surface area contributed by atoms with Crippen molar-refractivity contribution in [2.24, 2.45) is 20.7 Å². The Morgan fingerprint density at radius 3 is 2.72 bits per heavy atom. The number of guanidine groups is 1. The Morgan fingerprint density at radius 1 is 1.28 bits per heavy atom. The molecule has 0 radical (unpaired) electrons. The van der Waals surface area contributed by atoms with E-state index in [2.05, 4.69) is 42.7 Å². The molecule has 36 heavy (non-hydrogen) atoms. The number of anilines is 2. The SMILES string of the molecule is C=C/N=C1/C=NC(NCCOC)=N/C1=C(/N)Nc1cc(C(=O)Nc2cc(C(C)(C)C)on2)ccc1C. The van der Waals surface area contributed by atoms with Gasteiger partial charge in [-0.05, 0) is 24.6 Å². The first-order chi connectivity index (χ1) is 17.1. The maximum Gasteiger partial charge on any atom is 0.256 e. The van der Waals surface area contributed by atoms with Crippen LogP contribution in [-0.2, 0) is 10.2 Å². The van der Waals surface area contributed by atoms with Gasteiger partial charge in [0.1, 0.15) is 23.0 Å². The summed E-state index contributed by atoms with van der Waals surface area (Å²) >= 11 is 0. The van der Waals surface area contributed by atoms with Crippen LogP contribution in [0, 0.1) is 6.92 Å². The van der Waals surface area contributed by atoms with E-state index in [1.165, 1.54) is 6.20 Å². The second-order valence-corrected chi connectivity index (χ2v) is 9.01. The number of hydrogen-bond donors (Lipinski definition) is 4. The average molecular weight is 493 g/mol. The van der Waals surface area contributed by atoms with Gasteiger partial charge >= 0.3 is 0 Å². The third-order valence-corrected chi connectivity index (χ3v) is 5.10. The summed E-state index contributed by atoms with van der Waals surface area (Å²) in [5, 5.41) is 12.9. The lowest BCUT2D eigenvalue weighted by atomic mass is 9.93. The van der Waals surface area contributed by atoms with Crippen LogP contribution in [0.5, 0.6) is 0 Å². The number of aryl methyl sites for hydroxylation is 1. The molecule has 1 aromatic heterocycles. The number of aliphatic imine (C=N–C) groups is 3. The number of methoxy groups -OCH3 is 1. The van der Waals surface area contributed by atoms with E-state index < -0.39 is 0 Å². The smallest absolute Gasteiger partial charge is 0.256 e. The van der Waals surface area contributed by atoms with Crippen molar-refractivity contribution in [1.82, 2.24) is 10.5 Å². The number of nitrogens with one attached hydrogen (secondary N) is 3. The Hall–Kier alpha value is -4.25. The Bertz CT molecular complexity index is 1250. The second kappa shape index (κ2) is 11.5. The molecule has 2 heterocycles. The van der Waals surface area contributed by atoms with Crippen LogP contribution in [0.3, 0.4) is 0 Å². The number of rotatable bonds is 8. The first-order valence-corrected chi connectivity index (χ1v) is 11.3. The summed E-state index contributed by atoms with van der Waals surface area (Å²) < 4.78 is 10.4. The van der Waals surface area contributed by atoms with E-state index in [1.54, 1.807) is 31.5 Å². The molecular weight excluding hydrogens is 460 g/mol. The lowest BCUT2D eigenvalue weighted by molar-refractivity contribution is 0.102. The van der Waals surface area contributed by atoms with Crippen LogP contribution in [0.15, 0.2) is 68.1 Å². The largest absolute Gasteiger partial charge is 0.383 e. The lowest BCUT2D eigenvalue weighted by Crippen LogP contribution is -2.30. The molecule has 2 aromatic rings. The fourth-order valence-corrected chi connectivity index (χ4v) is 3.09. The number of nitrogens with two attached hydrogens (primary N) is 1. The van der Waals surface area contributed by atoms with Crippen molar-refractivity contribution in [1.29, 1.82) is 0 Å². The third kappa shape index (κ3) is 6.66. The van der Waals surface area contributed by atoms with E-state index in [-0.39, 0.29) is 17.1 Å². The van der Waals surface area contributed by atoms with Gasteiger partial charge in [-0.25, -0.2) is 9.98 Å². The minimum absolute atomic E-state index is 0.221. The summed E-state index contributed by atoms with van der Waals surface area (Å²) in [6.07, 6.45) is 2.94. The minimum Gasteiger partial charge on any atom is -0.383 e. The number of hydrogen-bond acceptors (Lipinski definition) is 10. The normalized spacial score (nSPS) is 15.9.